The Labute approximate surface area is 172 Å². The summed E-state index contributed by atoms with van der Waals surface area (Å²) in [5.74, 6) is 1.17. The minimum absolute atomic E-state index is 0.378. The average Bonchev–Trinajstić information content (AvgIpc) is 3.22. The van der Waals surface area contributed by atoms with Crippen molar-refractivity contribution in [2.24, 2.45) is 5.73 Å². The van der Waals surface area contributed by atoms with Crippen molar-refractivity contribution >= 4 is 22.6 Å². The normalized spacial score (nSPS) is 12.9. The van der Waals surface area contributed by atoms with Crippen molar-refractivity contribution in [1.82, 2.24) is 19.7 Å². The van der Waals surface area contributed by atoms with Crippen molar-refractivity contribution < 1.29 is 9.53 Å². The van der Waals surface area contributed by atoms with E-state index in [0.717, 1.165) is 29.8 Å². The number of ether oxygens (including phenoxy) is 1. The summed E-state index contributed by atoms with van der Waals surface area (Å²) >= 11 is 0. The summed E-state index contributed by atoms with van der Waals surface area (Å²) in [5.41, 5.74) is 8.74. The number of rotatable bonds is 5. The summed E-state index contributed by atoms with van der Waals surface area (Å²) in [6.07, 6.45) is 3.37. The number of amides is 1. The number of aromatic nitrogens is 4. The Bertz CT molecular complexity index is 1240. The van der Waals surface area contributed by atoms with Gasteiger partial charge >= 0.3 is 0 Å². The monoisotopic (exact) mass is 400 g/mol. The molecule has 30 heavy (non-hydrogen) atoms. The van der Waals surface area contributed by atoms with Gasteiger partial charge in [0, 0.05) is 11.9 Å². The molecule has 4 aromatic rings. The molecule has 0 fully saturated rings. The number of nitrogens with one attached hydrogen (secondary N) is 1. The fraction of sp³-hybridized carbons (Fsp3) is 0.182. The molecule has 2 aromatic carbocycles. The highest BCUT2D eigenvalue weighted by Gasteiger charge is 2.21. The molecule has 0 saturated heterocycles. The highest BCUT2D eigenvalue weighted by atomic mass is 16.5. The number of hydrogen-bond acceptors (Lipinski definition) is 6. The molecule has 0 aliphatic carbocycles. The van der Waals surface area contributed by atoms with Crippen LogP contribution >= 0.6 is 0 Å². The quantitative estimate of drug-likeness (QED) is 0.533. The molecule has 3 heterocycles. The molecule has 0 radical (unpaired) electrons. The fourth-order valence-corrected chi connectivity index (χ4v) is 3.66. The molecule has 0 unspecified atom stereocenters. The highest BCUT2D eigenvalue weighted by Crippen LogP contribution is 2.30. The molecule has 2 aromatic heterocycles. The van der Waals surface area contributed by atoms with Crippen LogP contribution in [0.1, 0.15) is 27.9 Å². The number of hydrogen-bond donors (Lipinski definition) is 2. The Kier molecular flexibility index (Phi) is 4.51. The summed E-state index contributed by atoms with van der Waals surface area (Å²) in [4.78, 5) is 21.1. The van der Waals surface area contributed by atoms with E-state index in [1.54, 1.807) is 23.0 Å². The van der Waals surface area contributed by atoms with Crippen LogP contribution in [-0.4, -0.2) is 32.3 Å². The molecular weight excluding hydrogens is 380 g/mol. The standard InChI is InChI=1S/C22H20N6O2/c23-19(29)15-8-4-10-18-17(15)13-25-28(18)22-26-20(16-9-5-11-30-21(16)27-22)24-12-14-6-2-1-3-7-14/h1-4,6-8,10,13H,5,9,11-12H2,(H2,23,29)(H,24,26,27). The van der Waals surface area contributed by atoms with E-state index in [-0.39, 0.29) is 0 Å². The van der Waals surface area contributed by atoms with Crippen LogP contribution in [0.2, 0.25) is 0 Å². The summed E-state index contributed by atoms with van der Waals surface area (Å²) in [7, 11) is 0. The van der Waals surface area contributed by atoms with Gasteiger partial charge in [-0.3, -0.25) is 4.79 Å². The molecule has 0 bridgehead atoms. The van der Waals surface area contributed by atoms with Gasteiger partial charge in [-0.1, -0.05) is 36.4 Å². The molecule has 0 spiro atoms. The Hall–Kier alpha value is -3.94. The van der Waals surface area contributed by atoms with Crippen LogP contribution in [0.25, 0.3) is 16.9 Å². The zero-order valence-electron chi connectivity index (χ0n) is 16.2. The van der Waals surface area contributed by atoms with E-state index < -0.39 is 5.91 Å². The third-order valence-electron chi connectivity index (χ3n) is 5.14. The summed E-state index contributed by atoms with van der Waals surface area (Å²) in [6, 6.07) is 15.4. The van der Waals surface area contributed by atoms with Gasteiger partial charge in [-0.2, -0.15) is 19.7 Å². The highest BCUT2D eigenvalue weighted by molar-refractivity contribution is 6.05. The second-order valence-electron chi connectivity index (χ2n) is 7.11. The SMILES string of the molecule is NC(=O)c1cccc2c1cnn2-c1nc(NCc2ccccc2)c2c(n1)OCCC2. The maximum atomic E-state index is 11.8. The van der Waals surface area contributed by atoms with Gasteiger partial charge < -0.3 is 15.8 Å². The lowest BCUT2D eigenvalue weighted by Gasteiger charge is -2.20. The van der Waals surface area contributed by atoms with Gasteiger partial charge in [0.1, 0.15) is 5.82 Å². The van der Waals surface area contributed by atoms with Crippen molar-refractivity contribution in [2.75, 3.05) is 11.9 Å². The van der Waals surface area contributed by atoms with E-state index >= 15 is 0 Å². The van der Waals surface area contributed by atoms with E-state index in [1.165, 1.54) is 0 Å². The number of carbonyl (C=O) groups is 1. The Balaban J connectivity index is 1.58. The molecule has 1 amide bonds. The largest absolute Gasteiger partial charge is 0.477 e. The predicted octanol–water partition coefficient (Wildman–Crippen LogP) is 2.85. The van der Waals surface area contributed by atoms with Crippen LogP contribution in [0.5, 0.6) is 5.88 Å². The number of nitrogens with two attached hydrogens (primary N) is 1. The Morgan fingerprint density at radius 3 is 2.83 bits per heavy atom. The molecular formula is C22H20N6O2. The maximum Gasteiger partial charge on any atom is 0.256 e. The van der Waals surface area contributed by atoms with Crippen molar-refractivity contribution in [3.8, 4) is 11.8 Å². The van der Waals surface area contributed by atoms with Crippen LogP contribution in [0.15, 0.2) is 54.7 Å². The van der Waals surface area contributed by atoms with Crippen molar-refractivity contribution in [2.45, 2.75) is 19.4 Å². The van der Waals surface area contributed by atoms with E-state index in [2.05, 4.69) is 27.5 Å². The lowest BCUT2D eigenvalue weighted by atomic mass is 10.1. The van der Waals surface area contributed by atoms with Gasteiger partial charge in [-0.25, -0.2) is 0 Å². The number of benzene rings is 2. The first-order chi connectivity index (χ1) is 14.7. The van der Waals surface area contributed by atoms with E-state index in [9.17, 15) is 4.79 Å². The summed E-state index contributed by atoms with van der Waals surface area (Å²) in [5, 5.41) is 8.50. The van der Waals surface area contributed by atoms with Crippen LogP contribution < -0.4 is 15.8 Å². The van der Waals surface area contributed by atoms with Gasteiger partial charge in [0.05, 0.1) is 29.4 Å². The van der Waals surface area contributed by atoms with Crippen LogP contribution in [-0.2, 0) is 13.0 Å². The second-order valence-corrected chi connectivity index (χ2v) is 7.11. The van der Waals surface area contributed by atoms with Crippen molar-refractivity contribution in [3.63, 3.8) is 0 Å². The van der Waals surface area contributed by atoms with E-state index in [0.29, 0.717) is 41.4 Å². The molecule has 1 aliphatic rings. The Morgan fingerprint density at radius 1 is 1.13 bits per heavy atom. The zero-order valence-corrected chi connectivity index (χ0v) is 16.2. The molecule has 0 saturated carbocycles. The number of anilines is 1. The lowest BCUT2D eigenvalue weighted by Crippen LogP contribution is -2.17. The van der Waals surface area contributed by atoms with Crippen molar-refractivity contribution in [1.29, 1.82) is 0 Å². The first-order valence-corrected chi connectivity index (χ1v) is 9.79. The first kappa shape index (κ1) is 18.1. The van der Waals surface area contributed by atoms with Crippen LogP contribution in [0.4, 0.5) is 5.82 Å². The zero-order chi connectivity index (χ0) is 20.5. The molecule has 8 heteroatoms. The number of fused-ring (bicyclic) bond motifs is 2. The van der Waals surface area contributed by atoms with E-state index in [4.69, 9.17) is 15.5 Å². The van der Waals surface area contributed by atoms with E-state index in [1.807, 2.05) is 24.3 Å². The van der Waals surface area contributed by atoms with Gasteiger partial charge in [0.25, 0.3) is 5.95 Å². The third-order valence-corrected chi connectivity index (χ3v) is 5.14. The summed E-state index contributed by atoms with van der Waals surface area (Å²) < 4.78 is 7.43. The maximum absolute atomic E-state index is 11.8. The molecule has 0 atom stereocenters. The number of primary amides is 1. The second kappa shape index (κ2) is 7.47. The number of carbonyl (C=O) groups excluding carboxylic acids is 1. The molecule has 3 N–H and O–H groups in total. The van der Waals surface area contributed by atoms with Crippen LogP contribution in [0.3, 0.4) is 0 Å². The summed E-state index contributed by atoms with van der Waals surface area (Å²) in [6.45, 7) is 1.25. The van der Waals surface area contributed by atoms with Crippen molar-refractivity contribution in [3.05, 3.63) is 71.4 Å². The fourth-order valence-electron chi connectivity index (χ4n) is 3.66. The molecule has 8 nitrogen and oxygen atoms in total. The van der Waals surface area contributed by atoms with Gasteiger partial charge in [0.15, 0.2) is 0 Å². The topological polar surface area (TPSA) is 108 Å². The average molecular weight is 400 g/mol. The minimum Gasteiger partial charge on any atom is -0.477 e. The third kappa shape index (κ3) is 3.22. The molecule has 1 aliphatic heterocycles. The molecule has 5 rings (SSSR count). The van der Waals surface area contributed by atoms with Gasteiger partial charge in [-0.05, 0) is 30.5 Å². The first-order valence-electron chi connectivity index (χ1n) is 9.79. The van der Waals surface area contributed by atoms with Crippen LogP contribution in [0, 0.1) is 0 Å². The number of nitrogens with zero attached hydrogens (tertiary/aromatic N) is 4. The lowest BCUT2D eigenvalue weighted by molar-refractivity contribution is 0.100. The smallest absolute Gasteiger partial charge is 0.256 e. The molecule has 150 valence electrons. The Morgan fingerprint density at radius 2 is 2.00 bits per heavy atom. The minimum atomic E-state index is -0.500. The predicted molar refractivity (Wildman–Crippen MR) is 113 cm³/mol. The van der Waals surface area contributed by atoms with Gasteiger partial charge in [0.2, 0.25) is 11.8 Å². The van der Waals surface area contributed by atoms with Gasteiger partial charge in [-0.15, -0.1) is 0 Å².